The molecule has 3 aromatic rings. The van der Waals surface area contributed by atoms with Crippen molar-refractivity contribution in [3.8, 4) is 5.75 Å². The lowest BCUT2D eigenvalue weighted by Crippen LogP contribution is -2.37. The van der Waals surface area contributed by atoms with E-state index in [2.05, 4.69) is 5.32 Å². The molecule has 1 N–H and O–H groups in total. The summed E-state index contributed by atoms with van der Waals surface area (Å²) in [5.41, 5.74) is 1.50. The molecule has 1 heterocycles. The normalized spacial score (nSPS) is 11.7. The van der Waals surface area contributed by atoms with E-state index in [1.165, 1.54) is 25.3 Å². The van der Waals surface area contributed by atoms with Gasteiger partial charge in [0.15, 0.2) is 0 Å². The minimum Gasteiger partial charge on any atom is -0.495 e. The van der Waals surface area contributed by atoms with E-state index in [-0.39, 0.29) is 21.6 Å². The molecule has 0 radical (unpaired) electrons. The van der Waals surface area contributed by atoms with Crippen molar-refractivity contribution in [3.63, 3.8) is 0 Å². The third-order valence-corrected chi connectivity index (χ3v) is 6.88. The van der Waals surface area contributed by atoms with Crippen molar-refractivity contribution in [3.05, 3.63) is 51.1 Å². The van der Waals surface area contributed by atoms with E-state index < -0.39 is 22.5 Å². The van der Waals surface area contributed by atoms with E-state index in [1.807, 2.05) is 13.8 Å². The number of hydrogen-bond donors (Lipinski definition) is 1. The molecule has 31 heavy (non-hydrogen) atoms. The first-order valence-electron chi connectivity index (χ1n) is 9.27. The van der Waals surface area contributed by atoms with Gasteiger partial charge in [0.1, 0.15) is 12.3 Å². The van der Waals surface area contributed by atoms with Crippen LogP contribution in [0.25, 0.3) is 10.2 Å². The van der Waals surface area contributed by atoms with Crippen LogP contribution < -0.4 is 19.2 Å². The van der Waals surface area contributed by atoms with Gasteiger partial charge in [0, 0.05) is 11.7 Å². The van der Waals surface area contributed by atoms with Gasteiger partial charge in [-0.3, -0.25) is 18.5 Å². The summed E-state index contributed by atoms with van der Waals surface area (Å²) in [4.78, 5) is 24.8. The van der Waals surface area contributed by atoms with Crippen LogP contribution in [0.4, 0.5) is 11.4 Å². The smallest absolute Gasteiger partial charge is 0.308 e. The van der Waals surface area contributed by atoms with Gasteiger partial charge in [-0.25, -0.2) is 8.42 Å². The van der Waals surface area contributed by atoms with Crippen molar-refractivity contribution in [1.82, 2.24) is 4.57 Å². The van der Waals surface area contributed by atoms with Crippen LogP contribution in [0.15, 0.2) is 41.2 Å². The minimum atomic E-state index is -3.76. The van der Waals surface area contributed by atoms with Crippen molar-refractivity contribution < 1.29 is 17.9 Å². The molecule has 0 saturated heterocycles. The van der Waals surface area contributed by atoms with Crippen molar-refractivity contribution in [1.29, 1.82) is 0 Å². The second kappa shape index (κ2) is 8.89. The number of methoxy groups -OCH3 is 1. The van der Waals surface area contributed by atoms with E-state index in [4.69, 9.17) is 16.3 Å². The monoisotopic (exact) mass is 483 g/mol. The molecule has 0 aliphatic rings. The number of amides is 1. The number of carbonyl (C=O) groups is 1. The first-order chi connectivity index (χ1) is 14.5. The number of hydrogen-bond acceptors (Lipinski definition) is 6. The number of fused-ring (bicyclic) bond motifs is 1. The molecule has 0 atom stereocenters. The number of benzene rings is 2. The fourth-order valence-corrected chi connectivity index (χ4v) is 5.30. The largest absolute Gasteiger partial charge is 0.495 e. The zero-order valence-electron chi connectivity index (χ0n) is 17.4. The number of thiazole rings is 1. The molecule has 3 rings (SSSR count). The Balaban J connectivity index is 1.85. The summed E-state index contributed by atoms with van der Waals surface area (Å²) in [6.45, 7) is 3.41. The zero-order valence-corrected chi connectivity index (χ0v) is 19.8. The topological polar surface area (TPSA) is 97.7 Å². The van der Waals surface area contributed by atoms with Crippen molar-refractivity contribution in [2.24, 2.45) is 0 Å². The van der Waals surface area contributed by atoms with Crippen LogP contribution in [0.2, 0.25) is 5.02 Å². The molecule has 1 amide bonds. The molecule has 0 aliphatic carbocycles. The van der Waals surface area contributed by atoms with Crippen LogP contribution in [-0.4, -0.2) is 38.8 Å². The minimum absolute atomic E-state index is 0.0151. The van der Waals surface area contributed by atoms with Gasteiger partial charge in [-0.1, -0.05) is 22.9 Å². The van der Waals surface area contributed by atoms with Crippen LogP contribution in [0, 0.1) is 0 Å². The molecule has 0 bridgehead atoms. The lowest BCUT2D eigenvalue weighted by atomic mass is 10.2. The third kappa shape index (κ3) is 5.03. The number of aromatic nitrogens is 1. The van der Waals surface area contributed by atoms with Gasteiger partial charge in [-0.2, -0.15) is 0 Å². The molecule has 8 nitrogen and oxygen atoms in total. The van der Waals surface area contributed by atoms with Gasteiger partial charge in [0.2, 0.25) is 15.9 Å². The maximum Gasteiger partial charge on any atom is 0.308 e. The second-order valence-electron chi connectivity index (χ2n) is 7.15. The number of nitrogens with zero attached hydrogens (tertiary/aromatic N) is 2. The fourth-order valence-electron chi connectivity index (χ4n) is 3.14. The molecule has 0 aliphatic heterocycles. The Morgan fingerprint density at radius 1 is 1.26 bits per heavy atom. The summed E-state index contributed by atoms with van der Waals surface area (Å²) in [5.74, 6) is -0.142. The van der Waals surface area contributed by atoms with Gasteiger partial charge in [0.05, 0.1) is 34.3 Å². The SMILES string of the molecule is COc1ccc(N(CC(=O)Nc2ccc3c(c2)sc(=O)n3C(C)C)S(C)(=O)=O)cc1Cl. The second-order valence-corrected chi connectivity index (χ2v) is 10.5. The number of sulfonamides is 1. The standard InChI is InChI=1S/C20H22ClN3O5S2/c1-12(2)24-16-7-5-13(9-18(16)30-20(24)26)22-19(25)11-23(31(4,27)28)14-6-8-17(29-3)15(21)10-14/h5-10,12H,11H2,1-4H3,(H,22,25). The molecule has 0 spiro atoms. The van der Waals surface area contributed by atoms with Crippen LogP contribution in [0.1, 0.15) is 19.9 Å². The highest BCUT2D eigenvalue weighted by Gasteiger charge is 2.22. The Labute approximate surface area is 189 Å². The Kier molecular flexibility index (Phi) is 6.63. The summed E-state index contributed by atoms with van der Waals surface area (Å²) >= 11 is 7.20. The van der Waals surface area contributed by atoms with Gasteiger partial charge in [0.25, 0.3) is 0 Å². The summed E-state index contributed by atoms with van der Waals surface area (Å²) in [5, 5.41) is 2.92. The van der Waals surface area contributed by atoms with Crippen LogP contribution in [0.5, 0.6) is 5.75 Å². The van der Waals surface area contributed by atoms with Crippen molar-refractivity contribution in [2.45, 2.75) is 19.9 Å². The average molecular weight is 484 g/mol. The first kappa shape index (κ1) is 23.1. The quantitative estimate of drug-likeness (QED) is 0.552. The highest BCUT2D eigenvalue weighted by atomic mass is 35.5. The van der Waals surface area contributed by atoms with Crippen molar-refractivity contribution >= 4 is 60.5 Å². The van der Waals surface area contributed by atoms with E-state index in [0.29, 0.717) is 11.4 Å². The van der Waals surface area contributed by atoms with E-state index in [0.717, 1.165) is 32.1 Å². The molecule has 166 valence electrons. The molecule has 0 unspecified atom stereocenters. The van der Waals surface area contributed by atoms with Gasteiger partial charge < -0.3 is 10.1 Å². The third-order valence-electron chi connectivity index (χ3n) is 4.52. The molecule has 0 fully saturated rings. The first-order valence-corrected chi connectivity index (χ1v) is 12.3. The Morgan fingerprint density at radius 3 is 2.55 bits per heavy atom. The van der Waals surface area contributed by atoms with E-state index in [9.17, 15) is 18.0 Å². The average Bonchev–Trinajstić information content (AvgIpc) is 3.00. The predicted molar refractivity (Wildman–Crippen MR) is 125 cm³/mol. The van der Waals surface area contributed by atoms with E-state index >= 15 is 0 Å². The number of rotatable bonds is 7. The molecular weight excluding hydrogens is 462 g/mol. The molecule has 1 aromatic heterocycles. The fraction of sp³-hybridized carbons (Fsp3) is 0.300. The highest BCUT2D eigenvalue weighted by molar-refractivity contribution is 7.92. The maximum atomic E-state index is 12.6. The van der Waals surface area contributed by atoms with Gasteiger partial charge in [-0.05, 0) is 50.2 Å². The maximum absolute atomic E-state index is 12.6. The number of halogens is 1. The number of anilines is 2. The molecular formula is C20H22ClN3O5S2. The lowest BCUT2D eigenvalue weighted by Gasteiger charge is -2.22. The summed E-state index contributed by atoms with van der Waals surface area (Å²) in [6.07, 6.45) is 1.01. The zero-order chi connectivity index (χ0) is 22.9. The van der Waals surface area contributed by atoms with Crippen LogP contribution in [0.3, 0.4) is 0 Å². The van der Waals surface area contributed by atoms with Gasteiger partial charge in [-0.15, -0.1) is 0 Å². The number of carbonyl (C=O) groups excluding carboxylic acids is 1. The predicted octanol–water partition coefficient (Wildman–Crippen LogP) is 3.71. The highest BCUT2D eigenvalue weighted by Crippen LogP contribution is 2.30. The van der Waals surface area contributed by atoms with Crippen LogP contribution >= 0.6 is 22.9 Å². The Bertz CT molecular complexity index is 1300. The molecule has 0 saturated carbocycles. The number of nitrogens with one attached hydrogen (secondary N) is 1. The summed E-state index contributed by atoms with van der Waals surface area (Å²) < 4.78 is 33.1. The molecule has 11 heteroatoms. The van der Waals surface area contributed by atoms with E-state index in [1.54, 1.807) is 22.8 Å². The summed E-state index contributed by atoms with van der Waals surface area (Å²) in [7, 11) is -2.31. The summed E-state index contributed by atoms with van der Waals surface area (Å²) in [6, 6.07) is 9.63. The Morgan fingerprint density at radius 2 is 1.97 bits per heavy atom. The van der Waals surface area contributed by atoms with Gasteiger partial charge >= 0.3 is 4.87 Å². The lowest BCUT2D eigenvalue weighted by molar-refractivity contribution is -0.114. The molecule has 2 aromatic carbocycles. The van der Waals surface area contributed by atoms with Crippen LogP contribution in [-0.2, 0) is 14.8 Å². The number of ether oxygens (including phenoxy) is 1. The van der Waals surface area contributed by atoms with Crippen molar-refractivity contribution in [2.75, 3.05) is 29.5 Å². The Hall–Kier alpha value is -2.56.